The summed E-state index contributed by atoms with van der Waals surface area (Å²) >= 11 is 0. The van der Waals surface area contributed by atoms with E-state index in [0.29, 0.717) is 18.6 Å². The van der Waals surface area contributed by atoms with Crippen molar-refractivity contribution < 1.29 is 34.1 Å². The fourth-order valence-electron chi connectivity index (χ4n) is 2.96. The molecule has 0 saturated carbocycles. The van der Waals surface area contributed by atoms with E-state index in [9.17, 15) is 24.3 Å². The standard InChI is InChI=1S/C23H34N2O7/c1-22(2,3)15-10-14(11-16(19(15)29)23(4,5)6)8-7-9-32-18(28)13-25-21(31)20(30)24-12-17(26)27/h10-11,29H,7-9,12-13H2,1-6H3,(H,24,30)(H,25,31)(H,26,27). The summed E-state index contributed by atoms with van der Waals surface area (Å²) in [5.41, 5.74) is 2.28. The van der Waals surface area contributed by atoms with Gasteiger partial charge in [0, 0.05) is 0 Å². The van der Waals surface area contributed by atoms with Gasteiger partial charge in [0.1, 0.15) is 18.8 Å². The number of carboxylic acid groups (broad SMARTS) is 1. The third-order valence-electron chi connectivity index (χ3n) is 4.66. The minimum atomic E-state index is -1.29. The molecular weight excluding hydrogens is 416 g/mol. The van der Waals surface area contributed by atoms with Crippen molar-refractivity contribution in [2.45, 2.75) is 65.2 Å². The van der Waals surface area contributed by atoms with Crippen LogP contribution in [0.4, 0.5) is 0 Å². The molecule has 0 aliphatic heterocycles. The van der Waals surface area contributed by atoms with E-state index in [2.05, 4.69) is 5.32 Å². The zero-order chi connectivity index (χ0) is 24.7. The lowest BCUT2D eigenvalue weighted by molar-refractivity contribution is -0.146. The van der Waals surface area contributed by atoms with Gasteiger partial charge in [-0.25, -0.2) is 0 Å². The largest absolute Gasteiger partial charge is 0.507 e. The molecule has 1 aromatic carbocycles. The molecule has 0 heterocycles. The van der Waals surface area contributed by atoms with Crippen LogP contribution in [0.5, 0.6) is 5.75 Å². The minimum absolute atomic E-state index is 0.122. The number of carboxylic acids is 1. The predicted octanol–water partition coefficient (Wildman–Crippen LogP) is 1.78. The molecule has 2 amide bonds. The number of hydrogen-bond donors (Lipinski definition) is 4. The number of hydrogen-bond acceptors (Lipinski definition) is 6. The molecule has 178 valence electrons. The van der Waals surface area contributed by atoms with Crippen LogP contribution in [0.1, 0.15) is 64.7 Å². The highest BCUT2D eigenvalue weighted by molar-refractivity contribution is 6.35. The van der Waals surface area contributed by atoms with Crippen LogP contribution >= 0.6 is 0 Å². The van der Waals surface area contributed by atoms with Gasteiger partial charge in [0.15, 0.2) is 0 Å². The van der Waals surface area contributed by atoms with Crippen LogP contribution in [0.25, 0.3) is 0 Å². The van der Waals surface area contributed by atoms with Crippen LogP contribution in [0.3, 0.4) is 0 Å². The van der Waals surface area contributed by atoms with Gasteiger partial charge in [-0.1, -0.05) is 53.7 Å². The predicted molar refractivity (Wildman–Crippen MR) is 118 cm³/mol. The van der Waals surface area contributed by atoms with E-state index in [1.54, 1.807) is 0 Å². The molecule has 9 nitrogen and oxygen atoms in total. The zero-order valence-corrected chi connectivity index (χ0v) is 19.6. The normalized spacial score (nSPS) is 11.6. The van der Waals surface area contributed by atoms with Gasteiger partial charge in [0.05, 0.1) is 6.61 Å². The number of esters is 1. The van der Waals surface area contributed by atoms with E-state index in [1.165, 1.54) is 0 Å². The summed E-state index contributed by atoms with van der Waals surface area (Å²) in [6.07, 6.45) is 1.17. The Morgan fingerprint density at radius 1 is 0.875 bits per heavy atom. The summed E-state index contributed by atoms with van der Waals surface area (Å²) in [6, 6.07) is 3.95. The lowest BCUT2D eigenvalue weighted by Gasteiger charge is -2.28. The number of carbonyl (C=O) groups excluding carboxylic acids is 3. The third kappa shape index (κ3) is 8.56. The van der Waals surface area contributed by atoms with Gasteiger partial charge in [0.2, 0.25) is 0 Å². The maximum absolute atomic E-state index is 11.8. The molecule has 4 N–H and O–H groups in total. The van der Waals surface area contributed by atoms with Crippen LogP contribution in [0.2, 0.25) is 0 Å². The number of nitrogens with one attached hydrogen (secondary N) is 2. The maximum Gasteiger partial charge on any atom is 0.325 e. The van der Waals surface area contributed by atoms with Crippen LogP contribution < -0.4 is 10.6 Å². The van der Waals surface area contributed by atoms with Gasteiger partial charge in [-0.15, -0.1) is 0 Å². The van der Waals surface area contributed by atoms with Crippen LogP contribution in [-0.2, 0) is 41.2 Å². The number of aliphatic carboxylic acids is 1. The Morgan fingerprint density at radius 2 is 1.34 bits per heavy atom. The quantitative estimate of drug-likeness (QED) is 0.269. The molecule has 0 unspecified atom stereocenters. The molecule has 0 bridgehead atoms. The smallest absolute Gasteiger partial charge is 0.325 e. The van der Waals surface area contributed by atoms with Crippen molar-refractivity contribution >= 4 is 23.8 Å². The second-order valence-electron chi connectivity index (χ2n) is 9.62. The minimum Gasteiger partial charge on any atom is -0.507 e. The van der Waals surface area contributed by atoms with E-state index in [4.69, 9.17) is 9.84 Å². The lowest BCUT2D eigenvalue weighted by atomic mass is 9.78. The first-order valence-corrected chi connectivity index (χ1v) is 10.4. The highest BCUT2D eigenvalue weighted by Gasteiger charge is 2.26. The number of benzene rings is 1. The van der Waals surface area contributed by atoms with E-state index in [0.717, 1.165) is 16.7 Å². The number of aryl methyl sites for hydroxylation is 1. The topological polar surface area (TPSA) is 142 Å². The second kappa shape index (κ2) is 11.0. The van der Waals surface area contributed by atoms with E-state index < -0.39 is 36.8 Å². The number of carbonyl (C=O) groups is 4. The van der Waals surface area contributed by atoms with Crippen molar-refractivity contribution in [3.05, 3.63) is 28.8 Å². The van der Waals surface area contributed by atoms with Crippen molar-refractivity contribution in [3.63, 3.8) is 0 Å². The summed E-state index contributed by atoms with van der Waals surface area (Å²) in [5.74, 6) is -3.94. The van der Waals surface area contributed by atoms with Crippen molar-refractivity contribution in [3.8, 4) is 5.75 Å². The Bertz CT molecular complexity index is 829. The summed E-state index contributed by atoms with van der Waals surface area (Å²) in [6.45, 7) is 11.2. The van der Waals surface area contributed by atoms with Gasteiger partial charge in [-0.3, -0.25) is 19.2 Å². The number of phenolic OH excluding ortho intramolecular Hbond substituents is 1. The molecule has 0 aromatic heterocycles. The molecule has 0 aliphatic carbocycles. The Balaban J connectivity index is 2.60. The summed E-state index contributed by atoms with van der Waals surface area (Å²) in [4.78, 5) is 45.0. The molecule has 0 atom stereocenters. The second-order valence-corrected chi connectivity index (χ2v) is 9.62. The molecule has 1 rings (SSSR count). The monoisotopic (exact) mass is 450 g/mol. The Hall–Kier alpha value is -3.10. The number of aromatic hydroxyl groups is 1. The third-order valence-corrected chi connectivity index (χ3v) is 4.66. The average molecular weight is 451 g/mol. The first kappa shape index (κ1) is 26.9. The SMILES string of the molecule is CC(C)(C)c1cc(CCCOC(=O)CNC(=O)C(=O)NCC(=O)O)cc(C(C)(C)C)c1O. The molecule has 1 aromatic rings. The van der Waals surface area contributed by atoms with Crippen LogP contribution in [-0.4, -0.2) is 53.7 Å². The average Bonchev–Trinajstić information content (AvgIpc) is 2.66. The molecular formula is C23H34N2O7. The Labute approximate surface area is 188 Å². The Morgan fingerprint density at radius 3 is 1.78 bits per heavy atom. The van der Waals surface area contributed by atoms with Crippen molar-refractivity contribution in [2.24, 2.45) is 0 Å². The summed E-state index contributed by atoms with van der Waals surface area (Å²) in [7, 11) is 0. The fraction of sp³-hybridized carbons (Fsp3) is 0.565. The highest BCUT2D eigenvalue weighted by Crippen LogP contribution is 2.39. The number of ether oxygens (including phenoxy) is 1. The fourth-order valence-corrected chi connectivity index (χ4v) is 2.96. The van der Waals surface area contributed by atoms with Gasteiger partial charge in [-0.2, -0.15) is 0 Å². The molecule has 0 saturated heterocycles. The molecule has 0 radical (unpaired) electrons. The van der Waals surface area contributed by atoms with Gasteiger partial charge < -0.3 is 25.6 Å². The molecule has 0 spiro atoms. The molecule has 0 fully saturated rings. The lowest BCUT2D eigenvalue weighted by Crippen LogP contribution is -2.43. The van der Waals surface area contributed by atoms with Crippen molar-refractivity contribution in [1.82, 2.24) is 10.6 Å². The maximum atomic E-state index is 11.8. The van der Waals surface area contributed by atoms with Crippen LogP contribution in [0.15, 0.2) is 12.1 Å². The first-order valence-electron chi connectivity index (χ1n) is 10.4. The van der Waals surface area contributed by atoms with Crippen LogP contribution in [0, 0.1) is 0 Å². The van der Waals surface area contributed by atoms with Gasteiger partial charge in [0.25, 0.3) is 0 Å². The molecule has 9 heteroatoms. The number of rotatable bonds is 8. The number of phenols is 1. The Kier molecular flexibility index (Phi) is 9.23. The van der Waals surface area contributed by atoms with E-state index in [-0.39, 0.29) is 17.4 Å². The van der Waals surface area contributed by atoms with E-state index >= 15 is 0 Å². The molecule has 0 aliphatic rings. The summed E-state index contributed by atoms with van der Waals surface area (Å²) < 4.78 is 5.08. The van der Waals surface area contributed by atoms with E-state index in [1.807, 2.05) is 59.0 Å². The molecule has 32 heavy (non-hydrogen) atoms. The highest BCUT2D eigenvalue weighted by atomic mass is 16.5. The first-order chi connectivity index (χ1) is 14.6. The van der Waals surface area contributed by atoms with Gasteiger partial charge >= 0.3 is 23.8 Å². The summed E-state index contributed by atoms with van der Waals surface area (Å²) in [5, 5.41) is 23.2. The number of amides is 2. The zero-order valence-electron chi connectivity index (χ0n) is 19.6. The van der Waals surface area contributed by atoms with Crippen molar-refractivity contribution in [2.75, 3.05) is 19.7 Å². The van der Waals surface area contributed by atoms with Crippen molar-refractivity contribution in [1.29, 1.82) is 0 Å². The van der Waals surface area contributed by atoms with Gasteiger partial charge in [-0.05, 0) is 40.4 Å².